The topological polar surface area (TPSA) is 78.6 Å². The number of phenolic OH excluding ortho intramolecular Hbond substituents is 1. The van der Waals surface area contributed by atoms with Gasteiger partial charge in [-0.3, -0.25) is 4.79 Å². The Balaban J connectivity index is 1.75. The number of aliphatic hydroxyl groups is 1. The summed E-state index contributed by atoms with van der Waals surface area (Å²) in [6, 6.07) is 6.56. The van der Waals surface area contributed by atoms with Crippen LogP contribution in [-0.4, -0.2) is 43.7 Å². The molecule has 1 saturated heterocycles. The largest absolute Gasteiger partial charge is 0.507 e. The fourth-order valence-corrected chi connectivity index (χ4v) is 3.15. The number of aromatic nitrogens is 2. The number of aromatic hydroxyl groups is 1. The van der Waals surface area contributed by atoms with E-state index in [2.05, 4.69) is 4.98 Å². The lowest BCUT2D eigenvalue weighted by atomic mass is 9.91. The van der Waals surface area contributed by atoms with Gasteiger partial charge in [0.15, 0.2) is 0 Å². The van der Waals surface area contributed by atoms with Gasteiger partial charge in [0, 0.05) is 38.4 Å². The van der Waals surface area contributed by atoms with Crippen LogP contribution in [0.15, 0.2) is 36.7 Å². The number of imidazole rings is 1. The van der Waals surface area contributed by atoms with E-state index in [9.17, 15) is 15.0 Å². The zero-order valence-electron chi connectivity index (χ0n) is 13.1. The SMILES string of the molecule is Cn1ccnc1C(O)C1CCCN(C(=O)c2ccccc2O)C1. The molecular formula is C17H21N3O3. The molecule has 2 N–H and O–H groups in total. The van der Waals surface area contributed by atoms with Gasteiger partial charge in [-0.05, 0) is 25.0 Å². The molecule has 2 aromatic rings. The maximum Gasteiger partial charge on any atom is 0.257 e. The van der Waals surface area contributed by atoms with E-state index >= 15 is 0 Å². The summed E-state index contributed by atoms with van der Waals surface area (Å²) in [5.74, 6) is 0.357. The maximum absolute atomic E-state index is 12.6. The van der Waals surface area contributed by atoms with Gasteiger partial charge >= 0.3 is 0 Å². The molecule has 1 aromatic carbocycles. The molecule has 1 aliphatic rings. The first-order chi connectivity index (χ1) is 11.1. The van der Waals surface area contributed by atoms with Gasteiger partial charge in [-0.2, -0.15) is 0 Å². The van der Waals surface area contributed by atoms with Gasteiger partial charge in [0.1, 0.15) is 17.7 Å². The Morgan fingerprint density at radius 3 is 2.87 bits per heavy atom. The van der Waals surface area contributed by atoms with Crippen LogP contribution in [0.4, 0.5) is 0 Å². The molecule has 0 aliphatic carbocycles. The van der Waals surface area contributed by atoms with Crippen LogP contribution in [-0.2, 0) is 7.05 Å². The number of carbonyl (C=O) groups excluding carboxylic acids is 1. The number of likely N-dealkylation sites (tertiary alicyclic amines) is 1. The molecule has 2 heterocycles. The summed E-state index contributed by atoms with van der Waals surface area (Å²) in [7, 11) is 1.85. The average molecular weight is 315 g/mol. The second-order valence-electron chi connectivity index (χ2n) is 6.01. The number of rotatable bonds is 3. The minimum Gasteiger partial charge on any atom is -0.507 e. The molecule has 6 nitrogen and oxygen atoms in total. The maximum atomic E-state index is 12.6. The summed E-state index contributed by atoms with van der Waals surface area (Å²) in [4.78, 5) is 18.5. The van der Waals surface area contributed by atoms with Crippen LogP contribution in [0.2, 0.25) is 0 Å². The van der Waals surface area contributed by atoms with Crippen molar-refractivity contribution in [2.45, 2.75) is 18.9 Å². The van der Waals surface area contributed by atoms with Gasteiger partial charge in [-0.25, -0.2) is 4.98 Å². The van der Waals surface area contributed by atoms with Crippen LogP contribution in [0.3, 0.4) is 0 Å². The number of amides is 1. The van der Waals surface area contributed by atoms with E-state index in [0.717, 1.165) is 12.8 Å². The molecule has 2 unspecified atom stereocenters. The first kappa shape index (κ1) is 15.6. The van der Waals surface area contributed by atoms with Crippen LogP contribution < -0.4 is 0 Å². The van der Waals surface area contributed by atoms with Crippen LogP contribution in [0.1, 0.15) is 35.1 Å². The zero-order chi connectivity index (χ0) is 16.4. The molecule has 0 spiro atoms. The Labute approximate surface area is 135 Å². The number of para-hydroxylation sites is 1. The van der Waals surface area contributed by atoms with Crippen LogP contribution >= 0.6 is 0 Å². The molecule has 2 atom stereocenters. The van der Waals surface area contributed by atoms with Crippen LogP contribution in [0.25, 0.3) is 0 Å². The van der Waals surface area contributed by atoms with E-state index in [1.807, 2.05) is 7.05 Å². The van der Waals surface area contributed by atoms with E-state index in [1.54, 1.807) is 40.1 Å². The van der Waals surface area contributed by atoms with Gasteiger partial charge in [0.25, 0.3) is 5.91 Å². The third-order valence-electron chi connectivity index (χ3n) is 4.45. The van der Waals surface area contributed by atoms with Crippen molar-refractivity contribution in [3.63, 3.8) is 0 Å². The first-order valence-electron chi connectivity index (χ1n) is 7.80. The molecule has 1 aromatic heterocycles. The van der Waals surface area contributed by atoms with Gasteiger partial charge in [-0.1, -0.05) is 12.1 Å². The number of hydrogen-bond acceptors (Lipinski definition) is 4. The lowest BCUT2D eigenvalue weighted by Crippen LogP contribution is -2.42. The van der Waals surface area contributed by atoms with E-state index in [-0.39, 0.29) is 17.6 Å². The van der Waals surface area contributed by atoms with E-state index in [4.69, 9.17) is 0 Å². The highest BCUT2D eigenvalue weighted by molar-refractivity contribution is 5.96. The average Bonchev–Trinajstić information content (AvgIpc) is 3.00. The van der Waals surface area contributed by atoms with Gasteiger partial charge in [0.05, 0.1) is 5.56 Å². The molecule has 1 aliphatic heterocycles. The second-order valence-corrected chi connectivity index (χ2v) is 6.01. The van der Waals surface area contributed by atoms with Crippen molar-refractivity contribution >= 4 is 5.91 Å². The van der Waals surface area contributed by atoms with Gasteiger partial charge in [0.2, 0.25) is 0 Å². The highest BCUT2D eigenvalue weighted by Gasteiger charge is 2.31. The number of benzene rings is 1. The lowest BCUT2D eigenvalue weighted by molar-refractivity contribution is 0.0357. The van der Waals surface area contributed by atoms with Crippen LogP contribution in [0.5, 0.6) is 5.75 Å². The van der Waals surface area contributed by atoms with Gasteiger partial charge in [-0.15, -0.1) is 0 Å². The number of nitrogens with zero attached hydrogens (tertiary/aromatic N) is 3. The Bertz CT molecular complexity index is 698. The summed E-state index contributed by atoms with van der Waals surface area (Å²) in [5, 5.41) is 20.4. The summed E-state index contributed by atoms with van der Waals surface area (Å²) in [5.41, 5.74) is 0.305. The van der Waals surface area contributed by atoms with E-state index < -0.39 is 6.10 Å². The van der Waals surface area contributed by atoms with Crippen molar-refractivity contribution in [2.24, 2.45) is 13.0 Å². The van der Waals surface area contributed by atoms with Crippen molar-refractivity contribution in [2.75, 3.05) is 13.1 Å². The van der Waals surface area contributed by atoms with E-state index in [1.165, 1.54) is 6.07 Å². The Hall–Kier alpha value is -2.34. The summed E-state index contributed by atoms with van der Waals surface area (Å²) in [6.45, 7) is 1.10. The first-order valence-corrected chi connectivity index (χ1v) is 7.80. The monoisotopic (exact) mass is 315 g/mol. The highest BCUT2D eigenvalue weighted by atomic mass is 16.3. The minimum absolute atomic E-state index is 0.00993. The third-order valence-corrected chi connectivity index (χ3v) is 4.45. The predicted octanol–water partition coefficient (Wildman–Crippen LogP) is 1.71. The normalized spacial score (nSPS) is 19.6. The molecule has 1 amide bonds. The molecule has 0 saturated carbocycles. The number of aryl methyl sites for hydroxylation is 1. The van der Waals surface area contributed by atoms with Crippen molar-refractivity contribution in [3.8, 4) is 5.75 Å². The quantitative estimate of drug-likeness (QED) is 0.904. The summed E-state index contributed by atoms with van der Waals surface area (Å²) >= 11 is 0. The van der Waals surface area contributed by atoms with Gasteiger partial charge < -0.3 is 19.7 Å². The number of aliphatic hydroxyl groups excluding tert-OH is 1. The molecule has 0 bridgehead atoms. The van der Waals surface area contributed by atoms with E-state index in [0.29, 0.717) is 24.5 Å². The Morgan fingerprint density at radius 1 is 1.39 bits per heavy atom. The molecule has 6 heteroatoms. The smallest absolute Gasteiger partial charge is 0.257 e. The van der Waals surface area contributed by atoms with Crippen molar-refractivity contribution in [3.05, 3.63) is 48.0 Å². The standard InChI is InChI=1S/C17H21N3O3/c1-19-10-8-18-16(19)15(22)12-5-4-9-20(11-12)17(23)13-6-2-3-7-14(13)21/h2-3,6-8,10,12,15,21-22H,4-5,9,11H2,1H3. The molecule has 0 radical (unpaired) electrons. The fraction of sp³-hybridized carbons (Fsp3) is 0.412. The molecular weight excluding hydrogens is 294 g/mol. The van der Waals surface area contributed by atoms with Crippen LogP contribution in [0, 0.1) is 5.92 Å². The summed E-state index contributed by atoms with van der Waals surface area (Å²) in [6.07, 6.45) is 4.43. The zero-order valence-corrected chi connectivity index (χ0v) is 13.1. The molecule has 122 valence electrons. The predicted molar refractivity (Wildman–Crippen MR) is 84.9 cm³/mol. The fourth-order valence-electron chi connectivity index (χ4n) is 3.15. The van der Waals surface area contributed by atoms with Crippen molar-refractivity contribution in [1.82, 2.24) is 14.5 Å². The molecule has 3 rings (SSSR count). The minimum atomic E-state index is -0.699. The molecule has 23 heavy (non-hydrogen) atoms. The second kappa shape index (κ2) is 6.42. The third kappa shape index (κ3) is 3.07. The number of phenols is 1. The Kier molecular flexibility index (Phi) is 4.34. The number of piperidine rings is 1. The Morgan fingerprint density at radius 2 is 2.17 bits per heavy atom. The lowest BCUT2D eigenvalue weighted by Gasteiger charge is -2.35. The highest BCUT2D eigenvalue weighted by Crippen LogP contribution is 2.30. The number of carbonyl (C=O) groups is 1. The number of hydrogen-bond donors (Lipinski definition) is 2. The molecule has 1 fully saturated rings. The van der Waals surface area contributed by atoms with Crippen molar-refractivity contribution in [1.29, 1.82) is 0 Å². The summed E-state index contributed by atoms with van der Waals surface area (Å²) < 4.78 is 1.80. The van der Waals surface area contributed by atoms with Crippen molar-refractivity contribution < 1.29 is 15.0 Å².